The molecule has 5 heteroatoms. The van der Waals surface area contributed by atoms with Crippen molar-refractivity contribution < 1.29 is 0 Å². The number of unbranched alkanes of at least 4 members (excludes halogenated alkanes) is 1. The number of nitrogens with zero attached hydrogens (tertiary/aromatic N) is 3. The summed E-state index contributed by atoms with van der Waals surface area (Å²) in [6, 6.07) is 6.28. The molecule has 0 aliphatic carbocycles. The van der Waals surface area contributed by atoms with Gasteiger partial charge in [0, 0.05) is 17.6 Å². The fourth-order valence-corrected chi connectivity index (χ4v) is 2.41. The molecule has 0 saturated carbocycles. The van der Waals surface area contributed by atoms with Crippen molar-refractivity contribution in [2.75, 3.05) is 19.3 Å². The molecule has 2 N–H and O–H groups in total. The van der Waals surface area contributed by atoms with Crippen LogP contribution < -0.4 is 5.73 Å². The molecule has 0 aliphatic rings. The largest absolute Gasteiger partial charge is 0.369 e. The van der Waals surface area contributed by atoms with Crippen LogP contribution in [-0.4, -0.2) is 34.1 Å². The van der Waals surface area contributed by atoms with Crippen molar-refractivity contribution in [3.8, 4) is 0 Å². The summed E-state index contributed by atoms with van der Waals surface area (Å²) in [4.78, 5) is 6.72. The molecule has 20 heavy (non-hydrogen) atoms. The number of anilines is 1. The average Bonchev–Trinajstić information content (AvgIpc) is 2.70. The third kappa shape index (κ3) is 3.44. The SMILES string of the molecule is CC(C)N(C)CCCCn1c(N)nc2ccc(Cl)cc21. The van der Waals surface area contributed by atoms with Crippen LogP contribution in [0.25, 0.3) is 11.0 Å². The van der Waals surface area contributed by atoms with E-state index < -0.39 is 0 Å². The van der Waals surface area contributed by atoms with Crippen molar-refractivity contribution >= 4 is 28.6 Å². The Labute approximate surface area is 125 Å². The number of aryl methyl sites for hydroxylation is 1. The van der Waals surface area contributed by atoms with Gasteiger partial charge in [0.05, 0.1) is 11.0 Å². The van der Waals surface area contributed by atoms with Gasteiger partial charge in [-0.25, -0.2) is 4.98 Å². The second kappa shape index (κ2) is 6.46. The van der Waals surface area contributed by atoms with Gasteiger partial charge in [-0.3, -0.25) is 0 Å². The normalized spacial score (nSPS) is 11.9. The Morgan fingerprint density at radius 2 is 2.10 bits per heavy atom. The zero-order valence-electron chi connectivity index (χ0n) is 12.4. The van der Waals surface area contributed by atoms with E-state index in [9.17, 15) is 0 Å². The first-order valence-electron chi connectivity index (χ1n) is 7.10. The third-order valence-electron chi connectivity index (χ3n) is 3.76. The minimum absolute atomic E-state index is 0.569. The molecule has 2 rings (SSSR count). The number of imidazole rings is 1. The van der Waals surface area contributed by atoms with Gasteiger partial charge in [0.2, 0.25) is 5.95 Å². The predicted octanol–water partition coefficient (Wildman–Crippen LogP) is 3.39. The van der Waals surface area contributed by atoms with Crippen LogP contribution in [0.4, 0.5) is 5.95 Å². The average molecular weight is 295 g/mol. The van der Waals surface area contributed by atoms with E-state index in [2.05, 4.69) is 35.3 Å². The third-order valence-corrected chi connectivity index (χ3v) is 4.00. The lowest BCUT2D eigenvalue weighted by Gasteiger charge is -2.20. The number of hydrogen-bond donors (Lipinski definition) is 1. The molecule has 0 bridgehead atoms. The van der Waals surface area contributed by atoms with Gasteiger partial charge >= 0.3 is 0 Å². The van der Waals surface area contributed by atoms with Crippen molar-refractivity contribution in [3.05, 3.63) is 23.2 Å². The monoisotopic (exact) mass is 294 g/mol. The van der Waals surface area contributed by atoms with Gasteiger partial charge in [0.1, 0.15) is 0 Å². The van der Waals surface area contributed by atoms with Crippen LogP contribution in [0.2, 0.25) is 5.02 Å². The molecule has 2 aromatic rings. The summed E-state index contributed by atoms with van der Waals surface area (Å²) in [5.74, 6) is 0.569. The van der Waals surface area contributed by atoms with Gasteiger partial charge in [0.25, 0.3) is 0 Å². The molecule has 0 spiro atoms. The van der Waals surface area contributed by atoms with E-state index in [0.717, 1.165) is 42.0 Å². The molecule has 1 heterocycles. The Balaban J connectivity index is 1.99. The smallest absolute Gasteiger partial charge is 0.201 e. The summed E-state index contributed by atoms with van der Waals surface area (Å²) in [5.41, 5.74) is 7.92. The van der Waals surface area contributed by atoms with Crippen LogP contribution in [0, 0.1) is 0 Å². The molecule has 4 nitrogen and oxygen atoms in total. The maximum Gasteiger partial charge on any atom is 0.201 e. The highest BCUT2D eigenvalue weighted by molar-refractivity contribution is 6.31. The van der Waals surface area contributed by atoms with Gasteiger partial charge < -0.3 is 15.2 Å². The second-order valence-corrected chi connectivity index (χ2v) is 5.97. The molecule has 0 fully saturated rings. The number of fused-ring (bicyclic) bond motifs is 1. The number of halogens is 1. The highest BCUT2D eigenvalue weighted by Gasteiger charge is 2.08. The summed E-state index contributed by atoms with van der Waals surface area (Å²) in [6.45, 7) is 6.41. The van der Waals surface area contributed by atoms with Gasteiger partial charge in [0.15, 0.2) is 0 Å². The molecule has 0 aliphatic heterocycles. The van der Waals surface area contributed by atoms with Gasteiger partial charge in [-0.05, 0) is 58.5 Å². The minimum atomic E-state index is 0.569. The summed E-state index contributed by atoms with van der Waals surface area (Å²) in [6.07, 6.45) is 2.23. The van der Waals surface area contributed by atoms with Crippen LogP contribution in [0.1, 0.15) is 26.7 Å². The van der Waals surface area contributed by atoms with Gasteiger partial charge in [-0.1, -0.05) is 11.6 Å². The number of nitrogens with two attached hydrogens (primary N) is 1. The topological polar surface area (TPSA) is 47.1 Å². The standard InChI is InChI=1S/C15H23ClN4/c1-11(2)19(3)8-4-5-9-20-14-10-12(16)6-7-13(14)18-15(20)17/h6-7,10-11H,4-5,8-9H2,1-3H3,(H2,17,18). The summed E-state index contributed by atoms with van der Waals surface area (Å²) in [7, 11) is 2.16. The summed E-state index contributed by atoms with van der Waals surface area (Å²) >= 11 is 6.05. The highest BCUT2D eigenvalue weighted by atomic mass is 35.5. The van der Waals surface area contributed by atoms with Crippen LogP contribution in [0.3, 0.4) is 0 Å². The Bertz CT molecular complexity index is 577. The number of aromatic nitrogens is 2. The number of nitrogen functional groups attached to an aromatic ring is 1. The first kappa shape index (κ1) is 15.1. The minimum Gasteiger partial charge on any atom is -0.369 e. The zero-order valence-corrected chi connectivity index (χ0v) is 13.2. The molecule has 1 aromatic carbocycles. The molecule has 0 amide bonds. The van der Waals surface area contributed by atoms with E-state index in [-0.39, 0.29) is 0 Å². The lowest BCUT2D eigenvalue weighted by atomic mass is 10.2. The van der Waals surface area contributed by atoms with Crippen molar-refractivity contribution in [3.63, 3.8) is 0 Å². The van der Waals surface area contributed by atoms with E-state index in [1.54, 1.807) is 0 Å². The molecular weight excluding hydrogens is 272 g/mol. The first-order valence-corrected chi connectivity index (χ1v) is 7.48. The maximum absolute atomic E-state index is 6.05. The van der Waals surface area contributed by atoms with Gasteiger partial charge in [-0.15, -0.1) is 0 Å². The fraction of sp³-hybridized carbons (Fsp3) is 0.533. The lowest BCUT2D eigenvalue weighted by Crippen LogP contribution is -2.27. The van der Waals surface area contributed by atoms with E-state index in [4.69, 9.17) is 17.3 Å². The molecule has 0 saturated heterocycles. The van der Waals surface area contributed by atoms with E-state index in [1.807, 2.05) is 18.2 Å². The lowest BCUT2D eigenvalue weighted by molar-refractivity contribution is 0.266. The number of rotatable bonds is 6. The molecular formula is C15H23ClN4. The Morgan fingerprint density at radius 3 is 2.80 bits per heavy atom. The fourth-order valence-electron chi connectivity index (χ4n) is 2.24. The zero-order chi connectivity index (χ0) is 14.7. The van der Waals surface area contributed by atoms with E-state index in [1.165, 1.54) is 0 Å². The number of hydrogen-bond acceptors (Lipinski definition) is 3. The Morgan fingerprint density at radius 1 is 1.35 bits per heavy atom. The molecule has 110 valence electrons. The molecule has 0 atom stereocenters. The van der Waals surface area contributed by atoms with Crippen LogP contribution in [0.15, 0.2) is 18.2 Å². The summed E-state index contributed by atoms with van der Waals surface area (Å²) < 4.78 is 2.05. The van der Waals surface area contributed by atoms with Crippen LogP contribution in [0.5, 0.6) is 0 Å². The Hall–Kier alpha value is -1.26. The van der Waals surface area contributed by atoms with Crippen molar-refractivity contribution in [1.82, 2.24) is 14.5 Å². The Kier molecular flexibility index (Phi) is 4.89. The summed E-state index contributed by atoms with van der Waals surface area (Å²) in [5, 5.41) is 0.721. The van der Waals surface area contributed by atoms with Gasteiger partial charge in [-0.2, -0.15) is 0 Å². The van der Waals surface area contributed by atoms with Crippen molar-refractivity contribution in [2.45, 2.75) is 39.3 Å². The van der Waals surface area contributed by atoms with E-state index in [0.29, 0.717) is 12.0 Å². The predicted molar refractivity (Wildman–Crippen MR) is 86.2 cm³/mol. The number of benzene rings is 1. The second-order valence-electron chi connectivity index (χ2n) is 5.54. The van der Waals surface area contributed by atoms with Crippen LogP contribution >= 0.6 is 11.6 Å². The molecule has 0 unspecified atom stereocenters. The molecule has 0 radical (unpaired) electrons. The van der Waals surface area contributed by atoms with Crippen molar-refractivity contribution in [2.24, 2.45) is 0 Å². The highest BCUT2D eigenvalue weighted by Crippen LogP contribution is 2.22. The van der Waals surface area contributed by atoms with E-state index >= 15 is 0 Å². The van der Waals surface area contributed by atoms with Crippen molar-refractivity contribution in [1.29, 1.82) is 0 Å². The van der Waals surface area contributed by atoms with Crippen LogP contribution in [-0.2, 0) is 6.54 Å². The molecule has 1 aromatic heterocycles. The first-order chi connectivity index (χ1) is 9.49. The maximum atomic E-state index is 6.05. The quantitative estimate of drug-likeness (QED) is 0.831.